The van der Waals surface area contributed by atoms with Crippen molar-refractivity contribution in [2.24, 2.45) is 5.73 Å². The third-order valence-electron chi connectivity index (χ3n) is 2.66. The van der Waals surface area contributed by atoms with Gasteiger partial charge in [0.25, 0.3) is 0 Å². The zero-order chi connectivity index (χ0) is 10.8. The summed E-state index contributed by atoms with van der Waals surface area (Å²) in [6, 6.07) is 2.71. The SMILES string of the molecule is Cc1cc(C)nc(OC2CCC(N)C2)n1. The van der Waals surface area contributed by atoms with Gasteiger partial charge in [0.15, 0.2) is 0 Å². The largest absolute Gasteiger partial charge is 0.460 e. The van der Waals surface area contributed by atoms with Crippen molar-refractivity contribution in [2.45, 2.75) is 45.3 Å². The Bertz CT molecular complexity index is 333. The van der Waals surface area contributed by atoms with Crippen LogP contribution in [-0.2, 0) is 0 Å². The van der Waals surface area contributed by atoms with E-state index in [9.17, 15) is 0 Å². The molecule has 1 saturated carbocycles. The van der Waals surface area contributed by atoms with E-state index in [-0.39, 0.29) is 12.1 Å². The monoisotopic (exact) mass is 207 g/mol. The van der Waals surface area contributed by atoms with E-state index < -0.39 is 0 Å². The third-order valence-corrected chi connectivity index (χ3v) is 2.66. The Morgan fingerprint density at radius 2 is 1.93 bits per heavy atom. The molecule has 82 valence electrons. The second kappa shape index (κ2) is 4.14. The molecule has 4 heteroatoms. The van der Waals surface area contributed by atoms with Crippen LogP contribution in [0, 0.1) is 13.8 Å². The predicted molar refractivity (Wildman–Crippen MR) is 57.7 cm³/mol. The summed E-state index contributed by atoms with van der Waals surface area (Å²) in [5, 5.41) is 0. The highest BCUT2D eigenvalue weighted by Crippen LogP contribution is 2.21. The second-order valence-corrected chi connectivity index (χ2v) is 4.25. The van der Waals surface area contributed by atoms with Crippen LogP contribution in [0.5, 0.6) is 6.01 Å². The van der Waals surface area contributed by atoms with E-state index in [0.717, 1.165) is 30.7 Å². The van der Waals surface area contributed by atoms with Crippen molar-refractivity contribution in [3.8, 4) is 6.01 Å². The molecule has 0 aliphatic heterocycles. The van der Waals surface area contributed by atoms with Gasteiger partial charge in [0.2, 0.25) is 0 Å². The Morgan fingerprint density at radius 1 is 1.27 bits per heavy atom. The molecule has 1 aliphatic rings. The number of nitrogens with two attached hydrogens (primary N) is 1. The molecule has 1 aromatic heterocycles. The van der Waals surface area contributed by atoms with Crippen molar-refractivity contribution in [1.29, 1.82) is 0 Å². The first-order valence-corrected chi connectivity index (χ1v) is 5.38. The fourth-order valence-corrected chi connectivity index (χ4v) is 1.98. The molecule has 2 atom stereocenters. The summed E-state index contributed by atoms with van der Waals surface area (Å²) in [4.78, 5) is 8.50. The Labute approximate surface area is 89.9 Å². The fourth-order valence-electron chi connectivity index (χ4n) is 1.98. The Morgan fingerprint density at radius 3 is 2.47 bits per heavy atom. The van der Waals surface area contributed by atoms with Crippen LogP contribution in [0.15, 0.2) is 6.07 Å². The molecule has 1 aliphatic carbocycles. The van der Waals surface area contributed by atoms with E-state index in [1.807, 2.05) is 19.9 Å². The summed E-state index contributed by atoms with van der Waals surface area (Å²) in [5.41, 5.74) is 7.71. The first kappa shape index (κ1) is 10.4. The molecule has 2 N–H and O–H groups in total. The standard InChI is InChI=1S/C11H17N3O/c1-7-5-8(2)14-11(13-7)15-10-4-3-9(12)6-10/h5,9-10H,3-4,6,12H2,1-2H3. The van der Waals surface area contributed by atoms with Crippen molar-refractivity contribution in [3.63, 3.8) is 0 Å². The smallest absolute Gasteiger partial charge is 0.317 e. The molecule has 1 heterocycles. The van der Waals surface area contributed by atoms with Crippen molar-refractivity contribution in [2.75, 3.05) is 0 Å². The lowest BCUT2D eigenvalue weighted by Gasteiger charge is -2.12. The lowest BCUT2D eigenvalue weighted by Crippen LogP contribution is -2.20. The van der Waals surface area contributed by atoms with E-state index in [1.54, 1.807) is 0 Å². The minimum Gasteiger partial charge on any atom is -0.460 e. The lowest BCUT2D eigenvalue weighted by atomic mass is 10.3. The minimum absolute atomic E-state index is 0.196. The Hall–Kier alpha value is -1.16. The van der Waals surface area contributed by atoms with Gasteiger partial charge in [-0.15, -0.1) is 0 Å². The summed E-state index contributed by atoms with van der Waals surface area (Å²) in [7, 11) is 0. The van der Waals surface area contributed by atoms with Gasteiger partial charge in [-0.3, -0.25) is 0 Å². The van der Waals surface area contributed by atoms with Gasteiger partial charge in [0.1, 0.15) is 6.10 Å². The van der Waals surface area contributed by atoms with Gasteiger partial charge in [-0.2, -0.15) is 0 Å². The normalized spacial score (nSPS) is 25.5. The van der Waals surface area contributed by atoms with Crippen LogP contribution in [0.2, 0.25) is 0 Å². The summed E-state index contributed by atoms with van der Waals surface area (Å²) >= 11 is 0. The number of nitrogens with zero attached hydrogens (tertiary/aromatic N) is 2. The van der Waals surface area contributed by atoms with Gasteiger partial charge < -0.3 is 10.5 Å². The number of rotatable bonds is 2. The van der Waals surface area contributed by atoms with Gasteiger partial charge in [0, 0.05) is 17.4 Å². The number of hydrogen-bond acceptors (Lipinski definition) is 4. The van der Waals surface area contributed by atoms with Crippen LogP contribution in [0.3, 0.4) is 0 Å². The molecule has 4 nitrogen and oxygen atoms in total. The second-order valence-electron chi connectivity index (χ2n) is 4.25. The van der Waals surface area contributed by atoms with Crippen LogP contribution < -0.4 is 10.5 Å². The highest BCUT2D eigenvalue weighted by molar-refractivity contribution is 5.11. The first-order valence-electron chi connectivity index (χ1n) is 5.38. The summed E-state index contributed by atoms with van der Waals surface area (Å²) < 4.78 is 5.71. The molecule has 2 rings (SSSR count). The van der Waals surface area contributed by atoms with Crippen LogP contribution >= 0.6 is 0 Å². The molecule has 0 amide bonds. The molecule has 0 aromatic carbocycles. The van der Waals surface area contributed by atoms with Crippen molar-refractivity contribution in [3.05, 3.63) is 17.5 Å². The molecular formula is C11H17N3O. The maximum atomic E-state index is 5.82. The van der Waals surface area contributed by atoms with Crippen LogP contribution in [-0.4, -0.2) is 22.1 Å². The molecule has 0 bridgehead atoms. The number of aromatic nitrogens is 2. The van der Waals surface area contributed by atoms with E-state index in [0.29, 0.717) is 6.01 Å². The average Bonchev–Trinajstić information content (AvgIpc) is 2.49. The van der Waals surface area contributed by atoms with Gasteiger partial charge in [-0.25, -0.2) is 9.97 Å². The Balaban J connectivity index is 2.04. The molecule has 1 aromatic rings. The summed E-state index contributed by atoms with van der Waals surface area (Å²) in [6.45, 7) is 3.89. The molecule has 0 saturated heterocycles. The van der Waals surface area contributed by atoms with Gasteiger partial charge in [0.05, 0.1) is 0 Å². The number of aryl methyl sites for hydroxylation is 2. The Kier molecular flexibility index (Phi) is 2.86. The highest BCUT2D eigenvalue weighted by atomic mass is 16.5. The number of hydrogen-bond donors (Lipinski definition) is 1. The molecule has 0 radical (unpaired) electrons. The van der Waals surface area contributed by atoms with E-state index in [4.69, 9.17) is 10.5 Å². The quantitative estimate of drug-likeness (QED) is 0.795. The molecule has 0 spiro atoms. The first-order chi connectivity index (χ1) is 7.13. The predicted octanol–water partition coefficient (Wildman–Crippen LogP) is 1.35. The minimum atomic E-state index is 0.196. The van der Waals surface area contributed by atoms with Crippen molar-refractivity contribution in [1.82, 2.24) is 9.97 Å². The van der Waals surface area contributed by atoms with Crippen LogP contribution in [0.4, 0.5) is 0 Å². The molecule has 1 fully saturated rings. The molecule has 2 unspecified atom stereocenters. The summed E-state index contributed by atoms with van der Waals surface area (Å²) in [5.74, 6) is 0. The average molecular weight is 207 g/mol. The maximum Gasteiger partial charge on any atom is 0.317 e. The lowest BCUT2D eigenvalue weighted by molar-refractivity contribution is 0.190. The van der Waals surface area contributed by atoms with E-state index in [2.05, 4.69) is 9.97 Å². The molecule has 15 heavy (non-hydrogen) atoms. The van der Waals surface area contributed by atoms with Crippen molar-refractivity contribution >= 4 is 0 Å². The van der Waals surface area contributed by atoms with Crippen molar-refractivity contribution < 1.29 is 4.74 Å². The highest BCUT2D eigenvalue weighted by Gasteiger charge is 2.23. The van der Waals surface area contributed by atoms with Gasteiger partial charge in [-0.05, 0) is 39.2 Å². The van der Waals surface area contributed by atoms with E-state index in [1.165, 1.54) is 0 Å². The summed E-state index contributed by atoms with van der Waals surface area (Å²) in [6.07, 6.45) is 3.16. The van der Waals surface area contributed by atoms with Gasteiger partial charge >= 0.3 is 6.01 Å². The maximum absolute atomic E-state index is 5.82. The molecular weight excluding hydrogens is 190 g/mol. The van der Waals surface area contributed by atoms with Gasteiger partial charge in [-0.1, -0.05) is 0 Å². The zero-order valence-corrected chi connectivity index (χ0v) is 9.23. The topological polar surface area (TPSA) is 61.0 Å². The zero-order valence-electron chi connectivity index (χ0n) is 9.23. The fraction of sp³-hybridized carbons (Fsp3) is 0.636. The number of ether oxygens (including phenoxy) is 1. The third kappa shape index (κ3) is 2.65. The van der Waals surface area contributed by atoms with Crippen LogP contribution in [0.1, 0.15) is 30.7 Å². The van der Waals surface area contributed by atoms with E-state index >= 15 is 0 Å². The van der Waals surface area contributed by atoms with Crippen LogP contribution in [0.25, 0.3) is 0 Å².